The average molecular weight is 469 g/mol. The standard InChI is InChI=1S/C21H29ClN4O4S/c1-15-6-7-16(12-17(15)22)24-21(28)26(9-5-11-30-3)13-19-25-18(14-31-19)20(27)23-8-4-10-29-2/h6-7,12,14H,4-5,8-11,13H2,1-3H3,(H,23,27)(H,24,28). The van der Waals surface area contributed by atoms with Gasteiger partial charge in [0, 0.05) is 56.6 Å². The summed E-state index contributed by atoms with van der Waals surface area (Å²) >= 11 is 7.51. The summed E-state index contributed by atoms with van der Waals surface area (Å²) in [5.74, 6) is -0.233. The summed E-state index contributed by atoms with van der Waals surface area (Å²) < 4.78 is 10.1. The van der Waals surface area contributed by atoms with Gasteiger partial charge in [-0.1, -0.05) is 17.7 Å². The number of hydrogen-bond acceptors (Lipinski definition) is 6. The summed E-state index contributed by atoms with van der Waals surface area (Å²) in [5.41, 5.74) is 1.90. The number of carbonyl (C=O) groups is 2. The lowest BCUT2D eigenvalue weighted by Gasteiger charge is -2.22. The number of carbonyl (C=O) groups excluding carboxylic acids is 2. The van der Waals surface area contributed by atoms with E-state index in [0.29, 0.717) is 54.1 Å². The lowest BCUT2D eigenvalue weighted by molar-refractivity contribution is 0.0944. The van der Waals surface area contributed by atoms with Gasteiger partial charge in [0.2, 0.25) is 0 Å². The molecule has 0 saturated carbocycles. The van der Waals surface area contributed by atoms with Crippen LogP contribution in [0.4, 0.5) is 10.5 Å². The lowest BCUT2D eigenvalue weighted by atomic mass is 10.2. The Morgan fingerprint density at radius 3 is 2.65 bits per heavy atom. The second-order valence-corrected chi connectivity index (χ2v) is 8.24. The van der Waals surface area contributed by atoms with E-state index in [1.165, 1.54) is 11.3 Å². The number of aryl methyl sites for hydroxylation is 1. The van der Waals surface area contributed by atoms with Crippen LogP contribution in [-0.4, -0.2) is 62.3 Å². The quantitative estimate of drug-likeness (QED) is 0.460. The Bertz CT molecular complexity index is 862. The molecule has 0 unspecified atom stereocenters. The monoisotopic (exact) mass is 468 g/mol. The SMILES string of the molecule is COCCCNC(=O)c1csc(CN(CCCOC)C(=O)Nc2ccc(C)c(Cl)c2)n1. The van der Waals surface area contributed by atoms with Crippen LogP contribution in [0.3, 0.4) is 0 Å². The molecular weight excluding hydrogens is 440 g/mol. The molecule has 2 aromatic rings. The molecule has 3 amide bonds. The van der Waals surface area contributed by atoms with E-state index in [0.717, 1.165) is 12.0 Å². The number of urea groups is 1. The van der Waals surface area contributed by atoms with Crippen molar-refractivity contribution in [3.05, 3.63) is 44.9 Å². The van der Waals surface area contributed by atoms with Crippen molar-refractivity contribution in [2.45, 2.75) is 26.3 Å². The number of nitrogens with one attached hydrogen (secondary N) is 2. The summed E-state index contributed by atoms with van der Waals surface area (Å²) in [6.45, 7) is 4.31. The van der Waals surface area contributed by atoms with E-state index in [1.54, 1.807) is 30.6 Å². The highest BCUT2D eigenvalue weighted by Crippen LogP contribution is 2.21. The highest BCUT2D eigenvalue weighted by molar-refractivity contribution is 7.09. The number of anilines is 1. The van der Waals surface area contributed by atoms with Gasteiger partial charge in [-0.05, 0) is 37.5 Å². The summed E-state index contributed by atoms with van der Waals surface area (Å²) in [7, 11) is 3.24. The largest absolute Gasteiger partial charge is 0.385 e. The van der Waals surface area contributed by atoms with Crippen LogP contribution in [0.1, 0.15) is 33.9 Å². The predicted molar refractivity (Wildman–Crippen MR) is 123 cm³/mol. The summed E-state index contributed by atoms with van der Waals surface area (Å²) in [6.07, 6.45) is 1.41. The Morgan fingerprint density at radius 1 is 1.19 bits per heavy atom. The Kier molecular flexibility index (Phi) is 10.7. The van der Waals surface area contributed by atoms with E-state index < -0.39 is 0 Å². The van der Waals surface area contributed by atoms with Gasteiger partial charge in [-0.15, -0.1) is 11.3 Å². The van der Waals surface area contributed by atoms with E-state index in [9.17, 15) is 9.59 Å². The first kappa shape index (κ1) is 25.1. The first-order valence-corrected chi connectivity index (χ1v) is 11.2. The van der Waals surface area contributed by atoms with Crippen molar-refractivity contribution < 1.29 is 19.1 Å². The molecule has 170 valence electrons. The van der Waals surface area contributed by atoms with Gasteiger partial charge in [0.1, 0.15) is 10.7 Å². The molecule has 2 N–H and O–H groups in total. The van der Waals surface area contributed by atoms with Gasteiger partial charge < -0.3 is 25.0 Å². The molecule has 10 heteroatoms. The number of hydrogen-bond donors (Lipinski definition) is 2. The fraction of sp³-hybridized carbons (Fsp3) is 0.476. The zero-order valence-electron chi connectivity index (χ0n) is 18.1. The highest BCUT2D eigenvalue weighted by Gasteiger charge is 2.18. The number of rotatable bonds is 12. The van der Waals surface area contributed by atoms with Gasteiger partial charge in [-0.25, -0.2) is 9.78 Å². The maximum atomic E-state index is 12.9. The van der Waals surface area contributed by atoms with Crippen molar-refractivity contribution in [2.24, 2.45) is 0 Å². The third-order valence-corrected chi connectivity index (χ3v) is 5.65. The molecule has 0 aliphatic carbocycles. The first-order chi connectivity index (χ1) is 14.9. The molecule has 0 fully saturated rings. The van der Waals surface area contributed by atoms with E-state index in [2.05, 4.69) is 15.6 Å². The molecule has 31 heavy (non-hydrogen) atoms. The maximum Gasteiger partial charge on any atom is 0.322 e. The summed E-state index contributed by atoms with van der Waals surface area (Å²) in [5, 5.41) is 8.65. The molecule has 8 nitrogen and oxygen atoms in total. The van der Waals surface area contributed by atoms with Crippen LogP contribution in [0.2, 0.25) is 5.02 Å². The Balaban J connectivity index is 2.01. The third-order valence-electron chi connectivity index (χ3n) is 4.41. The van der Waals surface area contributed by atoms with E-state index >= 15 is 0 Å². The molecule has 0 aliphatic heterocycles. The van der Waals surface area contributed by atoms with Crippen LogP contribution in [0.25, 0.3) is 0 Å². The van der Waals surface area contributed by atoms with Gasteiger partial charge >= 0.3 is 6.03 Å². The van der Waals surface area contributed by atoms with Crippen molar-refractivity contribution in [1.82, 2.24) is 15.2 Å². The van der Waals surface area contributed by atoms with Crippen LogP contribution in [0.5, 0.6) is 0 Å². The Hall–Kier alpha value is -2.20. The molecule has 0 saturated heterocycles. The average Bonchev–Trinajstić information content (AvgIpc) is 3.22. The molecule has 1 heterocycles. The molecule has 2 rings (SSSR count). The van der Waals surface area contributed by atoms with Crippen molar-refractivity contribution in [2.75, 3.05) is 45.8 Å². The van der Waals surface area contributed by atoms with E-state index in [-0.39, 0.29) is 18.5 Å². The molecule has 1 aromatic carbocycles. The van der Waals surface area contributed by atoms with Gasteiger partial charge in [0.15, 0.2) is 0 Å². The minimum absolute atomic E-state index is 0.233. The fourth-order valence-corrected chi connectivity index (χ4v) is 3.65. The lowest BCUT2D eigenvalue weighted by Crippen LogP contribution is -2.35. The number of aromatic nitrogens is 1. The van der Waals surface area contributed by atoms with E-state index in [4.69, 9.17) is 21.1 Å². The number of nitrogens with zero attached hydrogens (tertiary/aromatic N) is 2. The van der Waals surface area contributed by atoms with Crippen molar-refractivity contribution in [3.8, 4) is 0 Å². The van der Waals surface area contributed by atoms with Crippen molar-refractivity contribution in [1.29, 1.82) is 0 Å². The van der Waals surface area contributed by atoms with Crippen LogP contribution >= 0.6 is 22.9 Å². The van der Waals surface area contributed by atoms with Gasteiger partial charge in [0.25, 0.3) is 5.91 Å². The Morgan fingerprint density at radius 2 is 1.94 bits per heavy atom. The van der Waals surface area contributed by atoms with Crippen LogP contribution < -0.4 is 10.6 Å². The number of ether oxygens (including phenoxy) is 2. The second kappa shape index (κ2) is 13.3. The number of benzene rings is 1. The third kappa shape index (κ3) is 8.45. The van der Waals surface area contributed by atoms with Gasteiger partial charge in [-0.2, -0.15) is 0 Å². The molecule has 0 bridgehead atoms. The summed E-state index contributed by atoms with van der Waals surface area (Å²) in [6, 6.07) is 5.11. The molecule has 0 spiro atoms. The predicted octanol–water partition coefficient (Wildman–Crippen LogP) is 3.94. The smallest absolute Gasteiger partial charge is 0.322 e. The van der Waals surface area contributed by atoms with Gasteiger partial charge in [-0.3, -0.25) is 4.79 Å². The topological polar surface area (TPSA) is 92.8 Å². The van der Waals surface area contributed by atoms with Crippen molar-refractivity contribution in [3.63, 3.8) is 0 Å². The molecule has 0 aliphatic rings. The maximum absolute atomic E-state index is 12.9. The van der Waals surface area contributed by atoms with E-state index in [1.807, 2.05) is 19.1 Å². The zero-order chi connectivity index (χ0) is 22.6. The van der Waals surface area contributed by atoms with Crippen molar-refractivity contribution >= 4 is 40.6 Å². The minimum atomic E-state index is -0.267. The first-order valence-electron chi connectivity index (χ1n) is 9.97. The zero-order valence-corrected chi connectivity index (χ0v) is 19.6. The van der Waals surface area contributed by atoms with Gasteiger partial charge in [0.05, 0.1) is 6.54 Å². The van der Waals surface area contributed by atoms with Crippen LogP contribution in [0, 0.1) is 6.92 Å². The number of halogens is 1. The number of amides is 3. The normalized spacial score (nSPS) is 10.7. The molecule has 1 aromatic heterocycles. The molecule has 0 radical (unpaired) electrons. The molecular formula is C21H29ClN4O4S. The fourth-order valence-electron chi connectivity index (χ4n) is 2.69. The molecule has 0 atom stereocenters. The Labute approximate surface area is 191 Å². The summed E-state index contributed by atoms with van der Waals surface area (Å²) in [4.78, 5) is 31.1. The van der Waals surface area contributed by atoms with Crippen LogP contribution in [0.15, 0.2) is 23.6 Å². The number of thiazole rings is 1. The second-order valence-electron chi connectivity index (χ2n) is 6.89. The van der Waals surface area contributed by atoms with Crippen LogP contribution in [-0.2, 0) is 16.0 Å². The number of methoxy groups -OCH3 is 2. The minimum Gasteiger partial charge on any atom is -0.385 e. The highest BCUT2D eigenvalue weighted by atomic mass is 35.5.